The summed E-state index contributed by atoms with van der Waals surface area (Å²) >= 11 is 1.26. The van der Waals surface area contributed by atoms with Gasteiger partial charge in [0.15, 0.2) is 0 Å². The van der Waals surface area contributed by atoms with E-state index in [1.165, 1.54) is 16.9 Å². The minimum absolute atomic E-state index is 0.393. The van der Waals surface area contributed by atoms with Crippen LogP contribution in [-0.2, 0) is 6.42 Å². The largest absolute Gasteiger partial charge is 0.397 e. The maximum absolute atomic E-state index is 11.2. The predicted octanol–water partition coefficient (Wildman–Crippen LogP) is 2.88. The number of nitrogen functional groups attached to an aromatic ring is 1. The first kappa shape index (κ1) is 13.5. The van der Waals surface area contributed by atoms with E-state index < -0.39 is 5.91 Å². The van der Waals surface area contributed by atoms with Crippen molar-refractivity contribution in [3.8, 4) is 0 Å². The lowest BCUT2D eigenvalue weighted by Gasteiger charge is -1.99. The van der Waals surface area contributed by atoms with Gasteiger partial charge in [0, 0.05) is 11.1 Å². The van der Waals surface area contributed by atoms with Crippen LogP contribution in [0.5, 0.6) is 0 Å². The van der Waals surface area contributed by atoms with E-state index >= 15 is 0 Å². The number of aryl methyl sites for hydroxylation is 1. The lowest BCUT2D eigenvalue weighted by atomic mass is 10.1. The number of pyridine rings is 1. The van der Waals surface area contributed by atoms with E-state index in [-0.39, 0.29) is 0 Å². The zero-order valence-electron chi connectivity index (χ0n) is 11.1. The third kappa shape index (κ3) is 2.93. The van der Waals surface area contributed by atoms with Crippen LogP contribution in [0.1, 0.15) is 35.6 Å². The van der Waals surface area contributed by atoms with Crippen LogP contribution in [0, 0.1) is 0 Å². The van der Waals surface area contributed by atoms with Gasteiger partial charge in [-0.2, -0.15) is 0 Å². The number of rotatable bonds is 4. The fourth-order valence-corrected chi connectivity index (χ4v) is 2.83. The first-order valence-electron chi connectivity index (χ1n) is 6.10. The van der Waals surface area contributed by atoms with Crippen LogP contribution in [0.15, 0.2) is 23.8 Å². The molecule has 0 bridgehead atoms. The highest BCUT2D eigenvalue weighted by atomic mass is 32.1. The number of hydrogen-bond donors (Lipinski definition) is 2. The van der Waals surface area contributed by atoms with Crippen LogP contribution < -0.4 is 11.5 Å². The summed E-state index contributed by atoms with van der Waals surface area (Å²) in [4.78, 5) is 16.9. The molecule has 0 aliphatic heterocycles. The molecule has 1 amide bonds. The molecular formula is C14H17N3OS. The van der Waals surface area contributed by atoms with Gasteiger partial charge in [0.2, 0.25) is 0 Å². The van der Waals surface area contributed by atoms with E-state index in [1.807, 2.05) is 12.1 Å². The number of allylic oxidation sites excluding steroid dienone is 2. The zero-order valence-corrected chi connectivity index (χ0v) is 11.9. The number of nitrogens with two attached hydrogens (primary N) is 2. The summed E-state index contributed by atoms with van der Waals surface area (Å²) in [6.45, 7) is 4.16. The molecule has 0 spiro atoms. The number of carbonyl (C=O) groups is 1. The van der Waals surface area contributed by atoms with Crippen molar-refractivity contribution in [3.63, 3.8) is 0 Å². The fraction of sp³-hybridized carbons (Fsp3) is 0.286. The smallest absolute Gasteiger partial charge is 0.260 e. The Morgan fingerprint density at radius 1 is 1.42 bits per heavy atom. The molecule has 0 saturated carbocycles. The SMILES string of the molecule is CC(C)=CCCc1ccc2c(N)c(C(N)=O)sc2n1. The Labute approximate surface area is 116 Å². The van der Waals surface area contributed by atoms with Crippen molar-refractivity contribution in [2.75, 3.05) is 5.73 Å². The Hall–Kier alpha value is -1.88. The van der Waals surface area contributed by atoms with Crippen LogP contribution >= 0.6 is 11.3 Å². The van der Waals surface area contributed by atoms with Crippen molar-refractivity contribution in [3.05, 3.63) is 34.4 Å². The van der Waals surface area contributed by atoms with Gasteiger partial charge in [0.1, 0.15) is 9.71 Å². The number of anilines is 1. The van der Waals surface area contributed by atoms with Gasteiger partial charge >= 0.3 is 0 Å². The number of fused-ring (bicyclic) bond motifs is 1. The number of thiophene rings is 1. The molecule has 2 aromatic rings. The van der Waals surface area contributed by atoms with E-state index in [0.717, 1.165) is 28.8 Å². The van der Waals surface area contributed by atoms with Crippen molar-refractivity contribution in [2.45, 2.75) is 26.7 Å². The molecule has 0 atom stereocenters. The van der Waals surface area contributed by atoms with E-state index in [1.54, 1.807) is 0 Å². The summed E-state index contributed by atoms with van der Waals surface area (Å²) in [6, 6.07) is 3.87. The second kappa shape index (κ2) is 5.40. The van der Waals surface area contributed by atoms with Crippen LogP contribution in [-0.4, -0.2) is 10.9 Å². The Morgan fingerprint density at radius 2 is 2.16 bits per heavy atom. The average Bonchev–Trinajstić information content (AvgIpc) is 2.66. The maximum Gasteiger partial charge on any atom is 0.260 e. The molecule has 0 aliphatic rings. The first-order valence-corrected chi connectivity index (χ1v) is 6.91. The molecule has 100 valence electrons. The van der Waals surface area contributed by atoms with Crippen molar-refractivity contribution >= 4 is 33.1 Å². The van der Waals surface area contributed by atoms with Gasteiger partial charge in [0.25, 0.3) is 5.91 Å². The molecule has 0 saturated heterocycles. The van der Waals surface area contributed by atoms with Gasteiger partial charge in [-0.25, -0.2) is 4.98 Å². The highest BCUT2D eigenvalue weighted by Crippen LogP contribution is 2.32. The lowest BCUT2D eigenvalue weighted by Crippen LogP contribution is -2.10. The Balaban J connectivity index is 2.31. The highest BCUT2D eigenvalue weighted by molar-refractivity contribution is 7.21. The standard InChI is InChI=1S/C14H17N3OS/c1-8(2)4-3-5-9-6-7-10-11(15)12(13(16)18)19-14(10)17-9/h4,6-7H,3,5,15H2,1-2H3,(H2,16,18). The van der Waals surface area contributed by atoms with Crippen molar-refractivity contribution in [1.29, 1.82) is 0 Å². The van der Waals surface area contributed by atoms with Gasteiger partial charge < -0.3 is 11.5 Å². The van der Waals surface area contributed by atoms with Crippen LogP contribution in [0.3, 0.4) is 0 Å². The molecule has 2 aromatic heterocycles. The Bertz CT molecular complexity index is 654. The first-order chi connectivity index (χ1) is 8.99. The molecule has 0 fully saturated rings. The predicted molar refractivity (Wildman–Crippen MR) is 80.3 cm³/mol. The van der Waals surface area contributed by atoms with E-state index in [0.29, 0.717) is 10.6 Å². The van der Waals surface area contributed by atoms with Gasteiger partial charge in [-0.15, -0.1) is 11.3 Å². The minimum Gasteiger partial charge on any atom is -0.397 e. The lowest BCUT2D eigenvalue weighted by molar-refractivity contribution is 0.100. The van der Waals surface area contributed by atoms with Gasteiger partial charge in [-0.3, -0.25) is 4.79 Å². The molecule has 0 radical (unpaired) electrons. The molecule has 0 aromatic carbocycles. The zero-order chi connectivity index (χ0) is 14.0. The molecule has 4 N–H and O–H groups in total. The molecule has 0 aliphatic carbocycles. The van der Waals surface area contributed by atoms with Crippen LogP contribution in [0.2, 0.25) is 0 Å². The monoisotopic (exact) mass is 275 g/mol. The number of carbonyl (C=O) groups excluding carboxylic acids is 1. The van der Waals surface area contributed by atoms with Gasteiger partial charge in [-0.1, -0.05) is 11.6 Å². The van der Waals surface area contributed by atoms with Crippen molar-refractivity contribution < 1.29 is 4.79 Å². The number of primary amides is 1. The molecule has 5 heteroatoms. The third-order valence-electron chi connectivity index (χ3n) is 2.83. The van der Waals surface area contributed by atoms with Crippen molar-refractivity contribution in [2.24, 2.45) is 5.73 Å². The third-order valence-corrected chi connectivity index (χ3v) is 3.96. The van der Waals surface area contributed by atoms with E-state index in [9.17, 15) is 4.79 Å². The Kier molecular flexibility index (Phi) is 3.85. The number of aromatic nitrogens is 1. The molecule has 4 nitrogen and oxygen atoms in total. The summed E-state index contributed by atoms with van der Waals surface area (Å²) in [7, 11) is 0. The molecule has 2 heterocycles. The van der Waals surface area contributed by atoms with Crippen LogP contribution in [0.4, 0.5) is 5.69 Å². The summed E-state index contributed by atoms with van der Waals surface area (Å²) in [5.74, 6) is -0.494. The molecular weight excluding hydrogens is 258 g/mol. The highest BCUT2D eigenvalue weighted by Gasteiger charge is 2.14. The summed E-state index contributed by atoms with van der Waals surface area (Å²) in [5.41, 5.74) is 13.9. The number of nitrogens with zero attached hydrogens (tertiary/aromatic N) is 1. The summed E-state index contributed by atoms with van der Waals surface area (Å²) < 4.78 is 0. The van der Waals surface area contributed by atoms with Gasteiger partial charge in [0.05, 0.1) is 5.69 Å². The second-order valence-electron chi connectivity index (χ2n) is 4.68. The fourth-order valence-electron chi connectivity index (χ4n) is 1.87. The van der Waals surface area contributed by atoms with Gasteiger partial charge in [-0.05, 0) is 38.8 Å². The molecule has 19 heavy (non-hydrogen) atoms. The number of amides is 1. The Morgan fingerprint density at radius 3 is 2.79 bits per heavy atom. The normalized spacial score (nSPS) is 10.6. The quantitative estimate of drug-likeness (QED) is 0.842. The topological polar surface area (TPSA) is 82.0 Å². The summed E-state index contributed by atoms with van der Waals surface area (Å²) in [6.07, 6.45) is 4.03. The average molecular weight is 275 g/mol. The van der Waals surface area contributed by atoms with Crippen molar-refractivity contribution in [1.82, 2.24) is 4.98 Å². The van der Waals surface area contributed by atoms with Crippen LogP contribution in [0.25, 0.3) is 10.2 Å². The maximum atomic E-state index is 11.2. The second-order valence-corrected chi connectivity index (χ2v) is 5.68. The molecule has 0 unspecified atom stereocenters. The summed E-state index contributed by atoms with van der Waals surface area (Å²) in [5, 5.41) is 0.810. The van der Waals surface area contributed by atoms with E-state index in [2.05, 4.69) is 24.9 Å². The minimum atomic E-state index is -0.494. The number of hydrogen-bond acceptors (Lipinski definition) is 4. The molecule has 2 rings (SSSR count). The van der Waals surface area contributed by atoms with E-state index in [4.69, 9.17) is 11.5 Å².